The number of benzene rings is 2. The Morgan fingerprint density at radius 3 is 2.48 bits per heavy atom. The Kier molecular flexibility index (Phi) is 4.26. The summed E-state index contributed by atoms with van der Waals surface area (Å²) in [5.41, 5.74) is 1.56. The Morgan fingerprint density at radius 1 is 0.815 bits per heavy atom. The fraction of sp³-hybridized carbons (Fsp3) is 0.400. The van der Waals surface area contributed by atoms with Crippen LogP contribution in [0.2, 0.25) is 0 Å². The smallest absolute Gasteiger partial charge is 0.231 e. The van der Waals surface area contributed by atoms with Crippen LogP contribution in [0, 0.1) is 0 Å². The summed E-state index contributed by atoms with van der Waals surface area (Å²) >= 11 is 0. The first-order valence-electron chi connectivity index (χ1n) is 8.94. The fourth-order valence-corrected chi connectivity index (χ4v) is 3.76. The molecule has 0 aliphatic carbocycles. The Balaban J connectivity index is 1.36. The summed E-state index contributed by atoms with van der Waals surface area (Å²) in [6.07, 6.45) is -4.71. The number of hydrogen-bond donors (Lipinski definition) is 2. The Hall–Kier alpha value is -2.16. The minimum Gasteiger partial charge on any atom is -0.454 e. The maximum atomic E-state index is 10.7. The van der Waals surface area contributed by atoms with Crippen molar-refractivity contribution in [2.24, 2.45) is 0 Å². The molecule has 3 aliphatic rings. The molecule has 6 atom stereocenters. The molecule has 0 aromatic heterocycles. The zero-order valence-electron chi connectivity index (χ0n) is 14.4. The molecule has 0 spiro atoms. The lowest BCUT2D eigenvalue weighted by atomic mass is 9.90. The van der Waals surface area contributed by atoms with E-state index < -0.39 is 36.8 Å². The molecule has 27 heavy (non-hydrogen) atoms. The standard InChI is InChI=1S/C20H20O7/c21-16-17(22)19-15(9-23-20(27-19)11-4-2-1-3-5-11)26-18(16)12-6-7-13-14(8-12)25-10-24-13/h1-8,15-22H,9-10H2/t15-,16-,17-,18+,19-,20?/m1/s1. The molecule has 7 heteroatoms. The first-order chi connectivity index (χ1) is 13.2. The number of aliphatic hydroxyl groups excluding tert-OH is 2. The highest BCUT2D eigenvalue weighted by atomic mass is 16.7. The number of rotatable bonds is 2. The number of ether oxygens (including phenoxy) is 5. The number of aliphatic hydroxyl groups is 2. The largest absolute Gasteiger partial charge is 0.454 e. The molecule has 0 amide bonds. The second-order valence-electron chi connectivity index (χ2n) is 6.87. The van der Waals surface area contributed by atoms with Crippen LogP contribution in [-0.2, 0) is 14.2 Å². The van der Waals surface area contributed by atoms with Gasteiger partial charge >= 0.3 is 0 Å². The van der Waals surface area contributed by atoms with Gasteiger partial charge in [-0.3, -0.25) is 0 Å². The summed E-state index contributed by atoms with van der Waals surface area (Å²) in [6.45, 7) is 0.428. The highest BCUT2D eigenvalue weighted by molar-refractivity contribution is 5.45. The van der Waals surface area contributed by atoms with Crippen LogP contribution in [0.4, 0.5) is 0 Å². The maximum absolute atomic E-state index is 10.7. The van der Waals surface area contributed by atoms with E-state index in [4.69, 9.17) is 23.7 Å². The van der Waals surface area contributed by atoms with Crippen molar-refractivity contribution < 1.29 is 33.9 Å². The van der Waals surface area contributed by atoms with E-state index in [1.165, 1.54) is 0 Å². The normalized spacial score (nSPS) is 34.9. The predicted octanol–water partition coefficient (Wildman–Crippen LogP) is 1.69. The van der Waals surface area contributed by atoms with E-state index in [0.717, 1.165) is 5.56 Å². The minimum atomic E-state index is -1.14. The highest BCUT2D eigenvalue weighted by Gasteiger charge is 2.49. The van der Waals surface area contributed by atoms with Crippen molar-refractivity contribution in [3.05, 3.63) is 59.7 Å². The number of hydrogen-bond acceptors (Lipinski definition) is 7. The molecule has 142 valence electrons. The molecule has 3 aliphatic heterocycles. The van der Waals surface area contributed by atoms with Gasteiger partial charge < -0.3 is 33.9 Å². The Labute approximate surface area is 156 Å². The quantitative estimate of drug-likeness (QED) is 0.830. The fourth-order valence-electron chi connectivity index (χ4n) is 3.76. The van der Waals surface area contributed by atoms with Crippen LogP contribution < -0.4 is 9.47 Å². The van der Waals surface area contributed by atoms with E-state index in [1.807, 2.05) is 30.3 Å². The van der Waals surface area contributed by atoms with Gasteiger partial charge in [-0.1, -0.05) is 36.4 Å². The van der Waals surface area contributed by atoms with E-state index in [1.54, 1.807) is 18.2 Å². The lowest BCUT2D eigenvalue weighted by Gasteiger charge is -2.46. The van der Waals surface area contributed by atoms with Crippen LogP contribution >= 0.6 is 0 Å². The molecule has 7 nitrogen and oxygen atoms in total. The maximum Gasteiger partial charge on any atom is 0.231 e. The molecule has 2 aromatic carbocycles. The van der Waals surface area contributed by atoms with Gasteiger partial charge in [0.2, 0.25) is 6.79 Å². The summed E-state index contributed by atoms with van der Waals surface area (Å²) in [4.78, 5) is 0. The molecular weight excluding hydrogens is 352 g/mol. The van der Waals surface area contributed by atoms with Crippen molar-refractivity contribution in [1.82, 2.24) is 0 Å². The molecule has 5 rings (SSSR count). The molecule has 2 aromatic rings. The van der Waals surface area contributed by atoms with Gasteiger partial charge in [-0.05, 0) is 17.7 Å². The van der Waals surface area contributed by atoms with Gasteiger partial charge in [-0.15, -0.1) is 0 Å². The first-order valence-corrected chi connectivity index (χ1v) is 8.94. The van der Waals surface area contributed by atoms with Gasteiger partial charge in [0.05, 0.1) is 6.61 Å². The molecule has 0 bridgehead atoms. The minimum absolute atomic E-state index is 0.169. The SMILES string of the molecule is O[C@@H]1[C@@H](O)[C@H](c2ccc3c(c2)OCO3)O[C@@H]2COC(c3ccccc3)O[C@@H]12. The van der Waals surface area contributed by atoms with Gasteiger partial charge in [0, 0.05) is 5.56 Å². The number of fused-ring (bicyclic) bond motifs is 2. The van der Waals surface area contributed by atoms with Gasteiger partial charge in [0.15, 0.2) is 17.8 Å². The van der Waals surface area contributed by atoms with Crippen LogP contribution in [0.15, 0.2) is 48.5 Å². The third-order valence-corrected chi connectivity index (χ3v) is 5.17. The van der Waals surface area contributed by atoms with E-state index >= 15 is 0 Å². The zero-order valence-corrected chi connectivity index (χ0v) is 14.4. The summed E-state index contributed by atoms with van der Waals surface area (Å²) in [5.74, 6) is 1.25. The second-order valence-corrected chi connectivity index (χ2v) is 6.87. The summed E-state index contributed by atoms with van der Waals surface area (Å²) in [6, 6.07) is 14.8. The molecule has 2 N–H and O–H groups in total. The third-order valence-electron chi connectivity index (χ3n) is 5.17. The van der Waals surface area contributed by atoms with Crippen LogP contribution in [0.1, 0.15) is 23.5 Å². The molecule has 2 fully saturated rings. The van der Waals surface area contributed by atoms with Crippen molar-refractivity contribution in [3.8, 4) is 11.5 Å². The second kappa shape index (κ2) is 6.78. The molecule has 2 saturated heterocycles. The van der Waals surface area contributed by atoms with E-state index in [-0.39, 0.29) is 13.4 Å². The molecule has 0 saturated carbocycles. The monoisotopic (exact) mass is 372 g/mol. The topological polar surface area (TPSA) is 86.6 Å². The van der Waals surface area contributed by atoms with Crippen LogP contribution in [0.25, 0.3) is 0 Å². The van der Waals surface area contributed by atoms with E-state index in [9.17, 15) is 10.2 Å². The molecule has 3 heterocycles. The predicted molar refractivity (Wildman–Crippen MR) is 92.2 cm³/mol. The Morgan fingerprint density at radius 2 is 1.63 bits per heavy atom. The average Bonchev–Trinajstić information content (AvgIpc) is 3.19. The van der Waals surface area contributed by atoms with Gasteiger partial charge in [0.25, 0.3) is 0 Å². The summed E-state index contributed by atoms with van der Waals surface area (Å²) in [5, 5.41) is 21.4. The van der Waals surface area contributed by atoms with Crippen LogP contribution in [-0.4, -0.2) is 48.0 Å². The van der Waals surface area contributed by atoms with Crippen LogP contribution in [0.5, 0.6) is 11.5 Å². The van der Waals surface area contributed by atoms with E-state index in [2.05, 4.69) is 0 Å². The van der Waals surface area contributed by atoms with Crippen LogP contribution in [0.3, 0.4) is 0 Å². The van der Waals surface area contributed by atoms with Gasteiger partial charge in [0.1, 0.15) is 30.5 Å². The summed E-state index contributed by atoms with van der Waals surface area (Å²) < 4.78 is 28.5. The van der Waals surface area contributed by atoms with Crippen molar-refractivity contribution in [3.63, 3.8) is 0 Å². The van der Waals surface area contributed by atoms with Crippen molar-refractivity contribution in [2.45, 2.75) is 36.8 Å². The third kappa shape index (κ3) is 2.97. The van der Waals surface area contributed by atoms with E-state index in [0.29, 0.717) is 17.1 Å². The van der Waals surface area contributed by atoms with Crippen molar-refractivity contribution in [1.29, 1.82) is 0 Å². The van der Waals surface area contributed by atoms with Gasteiger partial charge in [-0.2, -0.15) is 0 Å². The van der Waals surface area contributed by atoms with Crippen molar-refractivity contribution >= 4 is 0 Å². The van der Waals surface area contributed by atoms with Crippen molar-refractivity contribution in [2.75, 3.05) is 13.4 Å². The Bertz CT molecular complexity index is 809. The lowest BCUT2D eigenvalue weighted by molar-refractivity contribution is -0.330. The zero-order chi connectivity index (χ0) is 18.4. The molecular formula is C20H20O7. The molecule has 0 radical (unpaired) electrons. The summed E-state index contributed by atoms with van der Waals surface area (Å²) in [7, 11) is 0. The average molecular weight is 372 g/mol. The van der Waals surface area contributed by atoms with Gasteiger partial charge in [-0.25, -0.2) is 0 Å². The highest BCUT2D eigenvalue weighted by Crippen LogP contribution is 2.41. The molecule has 1 unspecified atom stereocenters. The lowest BCUT2D eigenvalue weighted by Crippen LogP contribution is -2.59. The first kappa shape index (κ1) is 17.0.